The molecule has 16 heavy (non-hydrogen) atoms. The molecule has 1 atom stereocenters. The van der Waals surface area contributed by atoms with E-state index in [1.807, 2.05) is 0 Å². The van der Waals surface area contributed by atoms with Crippen molar-refractivity contribution in [3.8, 4) is 0 Å². The summed E-state index contributed by atoms with van der Waals surface area (Å²) >= 11 is 3.25. The Bertz CT molecular complexity index is 490. The highest BCUT2D eigenvalue weighted by atomic mass is 79.9. The monoisotopic (exact) mass is 281 g/mol. The Hall–Kier alpha value is -1.26. The zero-order valence-corrected chi connectivity index (χ0v) is 9.86. The Morgan fingerprint density at radius 2 is 1.88 bits per heavy atom. The topological polar surface area (TPSA) is 33.1 Å². The first-order valence-electron chi connectivity index (χ1n) is 4.71. The van der Waals surface area contributed by atoms with Crippen LogP contribution in [0.2, 0.25) is 0 Å². The summed E-state index contributed by atoms with van der Waals surface area (Å²) in [5.74, 6) is -0.424. The third kappa shape index (κ3) is 2.28. The maximum atomic E-state index is 13.5. The first kappa shape index (κ1) is 11.2. The standard InChI is InChI=1S/C12H9BrFNO/c13-9-1-2-11(14)10(7-9)12(16)8-3-5-15-6-4-8/h1-7,12,16H. The molecule has 0 aliphatic heterocycles. The summed E-state index contributed by atoms with van der Waals surface area (Å²) in [7, 11) is 0. The number of aliphatic hydroxyl groups excluding tert-OH is 1. The zero-order chi connectivity index (χ0) is 11.5. The number of pyridine rings is 1. The van der Waals surface area contributed by atoms with Gasteiger partial charge in [-0.05, 0) is 35.9 Å². The lowest BCUT2D eigenvalue weighted by Crippen LogP contribution is -2.02. The highest BCUT2D eigenvalue weighted by Crippen LogP contribution is 2.26. The summed E-state index contributed by atoms with van der Waals surface area (Å²) in [6.45, 7) is 0. The summed E-state index contributed by atoms with van der Waals surface area (Å²) in [4.78, 5) is 3.85. The van der Waals surface area contributed by atoms with Gasteiger partial charge in [0.05, 0.1) is 0 Å². The molecule has 0 fully saturated rings. The maximum Gasteiger partial charge on any atom is 0.129 e. The third-order valence-corrected chi connectivity index (χ3v) is 2.77. The average molecular weight is 282 g/mol. The van der Waals surface area contributed by atoms with Gasteiger partial charge < -0.3 is 5.11 Å². The number of halogens is 2. The smallest absolute Gasteiger partial charge is 0.129 e. The molecule has 1 N–H and O–H groups in total. The Morgan fingerprint density at radius 3 is 2.56 bits per heavy atom. The van der Waals surface area contributed by atoms with Gasteiger partial charge in [-0.2, -0.15) is 0 Å². The zero-order valence-electron chi connectivity index (χ0n) is 8.27. The summed E-state index contributed by atoms with van der Waals surface area (Å²) < 4.78 is 14.2. The van der Waals surface area contributed by atoms with E-state index in [0.29, 0.717) is 5.56 Å². The van der Waals surface area contributed by atoms with E-state index < -0.39 is 11.9 Å². The van der Waals surface area contributed by atoms with Crippen LogP contribution in [0, 0.1) is 5.82 Å². The molecule has 0 aliphatic rings. The predicted molar refractivity (Wildman–Crippen MR) is 62.4 cm³/mol. The normalized spacial score (nSPS) is 12.4. The van der Waals surface area contributed by atoms with Gasteiger partial charge in [0.2, 0.25) is 0 Å². The SMILES string of the molecule is OC(c1ccncc1)c1cc(Br)ccc1F. The molecule has 1 aromatic heterocycles. The number of hydrogen-bond donors (Lipinski definition) is 1. The van der Waals surface area contributed by atoms with Crippen LogP contribution in [0.15, 0.2) is 47.2 Å². The molecule has 2 rings (SSSR count). The third-order valence-electron chi connectivity index (χ3n) is 2.27. The molecule has 1 heterocycles. The number of aliphatic hydroxyl groups is 1. The van der Waals surface area contributed by atoms with Crippen LogP contribution in [0.1, 0.15) is 17.2 Å². The number of hydrogen-bond acceptors (Lipinski definition) is 2. The summed E-state index contributed by atoms with van der Waals surface area (Å²) in [5.41, 5.74) is 0.868. The fourth-order valence-corrected chi connectivity index (χ4v) is 1.83. The van der Waals surface area contributed by atoms with Crippen LogP contribution in [-0.2, 0) is 0 Å². The number of benzene rings is 1. The largest absolute Gasteiger partial charge is 0.384 e. The minimum Gasteiger partial charge on any atom is -0.384 e. The van der Waals surface area contributed by atoms with Gasteiger partial charge in [0.15, 0.2) is 0 Å². The van der Waals surface area contributed by atoms with E-state index >= 15 is 0 Å². The number of aromatic nitrogens is 1. The molecular weight excluding hydrogens is 273 g/mol. The van der Waals surface area contributed by atoms with Gasteiger partial charge in [-0.1, -0.05) is 15.9 Å². The number of nitrogens with zero attached hydrogens (tertiary/aromatic N) is 1. The van der Waals surface area contributed by atoms with Gasteiger partial charge >= 0.3 is 0 Å². The van der Waals surface area contributed by atoms with Crippen molar-refractivity contribution in [1.82, 2.24) is 4.98 Å². The second-order valence-electron chi connectivity index (χ2n) is 3.35. The van der Waals surface area contributed by atoms with Crippen LogP contribution in [-0.4, -0.2) is 10.1 Å². The molecular formula is C12H9BrFNO. The first-order chi connectivity index (χ1) is 7.68. The van der Waals surface area contributed by atoms with E-state index in [9.17, 15) is 9.50 Å². The molecule has 0 spiro atoms. The molecule has 4 heteroatoms. The lowest BCUT2D eigenvalue weighted by Gasteiger charge is -2.12. The minimum absolute atomic E-state index is 0.251. The van der Waals surface area contributed by atoms with Gasteiger partial charge in [0.1, 0.15) is 11.9 Å². The highest BCUT2D eigenvalue weighted by Gasteiger charge is 2.14. The maximum absolute atomic E-state index is 13.5. The summed E-state index contributed by atoms with van der Waals surface area (Å²) in [6, 6.07) is 7.80. The minimum atomic E-state index is -0.972. The molecule has 1 unspecified atom stereocenters. The van der Waals surface area contributed by atoms with Crippen LogP contribution in [0.3, 0.4) is 0 Å². The fraction of sp³-hybridized carbons (Fsp3) is 0.0833. The summed E-state index contributed by atoms with van der Waals surface area (Å²) in [5, 5.41) is 10.0. The van der Waals surface area contributed by atoms with Gasteiger partial charge in [-0.3, -0.25) is 4.98 Å². The van der Waals surface area contributed by atoms with E-state index in [1.54, 1.807) is 36.7 Å². The molecule has 0 aliphatic carbocycles. The van der Waals surface area contributed by atoms with Crippen molar-refractivity contribution < 1.29 is 9.50 Å². The van der Waals surface area contributed by atoms with Crippen LogP contribution in [0.4, 0.5) is 4.39 Å². The van der Waals surface area contributed by atoms with E-state index in [0.717, 1.165) is 4.47 Å². The van der Waals surface area contributed by atoms with Crippen molar-refractivity contribution >= 4 is 15.9 Å². The Labute approximate surface area is 101 Å². The Balaban J connectivity index is 2.41. The van der Waals surface area contributed by atoms with Gasteiger partial charge in [0.25, 0.3) is 0 Å². The van der Waals surface area contributed by atoms with Crippen LogP contribution < -0.4 is 0 Å². The molecule has 82 valence electrons. The molecule has 0 amide bonds. The average Bonchev–Trinajstić information content (AvgIpc) is 2.32. The van der Waals surface area contributed by atoms with Crippen molar-refractivity contribution in [3.05, 3.63) is 64.1 Å². The number of rotatable bonds is 2. The summed E-state index contributed by atoms with van der Waals surface area (Å²) in [6.07, 6.45) is 2.16. The van der Waals surface area contributed by atoms with Crippen LogP contribution in [0.5, 0.6) is 0 Å². The van der Waals surface area contributed by atoms with Crippen molar-refractivity contribution in [1.29, 1.82) is 0 Å². The quantitative estimate of drug-likeness (QED) is 0.918. The highest BCUT2D eigenvalue weighted by molar-refractivity contribution is 9.10. The van der Waals surface area contributed by atoms with Gasteiger partial charge in [-0.25, -0.2) is 4.39 Å². The second kappa shape index (κ2) is 4.72. The Kier molecular flexibility index (Phi) is 3.31. The van der Waals surface area contributed by atoms with Gasteiger partial charge in [0, 0.05) is 22.4 Å². The van der Waals surface area contributed by atoms with E-state index in [4.69, 9.17) is 0 Å². The van der Waals surface area contributed by atoms with Crippen LogP contribution in [0.25, 0.3) is 0 Å². The predicted octanol–water partition coefficient (Wildman–Crippen LogP) is 3.06. The van der Waals surface area contributed by atoms with Crippen molar-refractivity contribution in [2.24, 2.45) is 0 Å². The molecule has 2 aromatic rings. The first-order valence-corrected chi connectivity index (χ1v) is 5.50. The van der Waals surface area contributed by atoms with Crippen LogP contribution >= 0.6 is 15.9 Å². The van der Waals surface area contributed by atoms with E-state index in [1.165, 1.54) is 6.07 Å². The van der Waals surface area contributed by atoms with Gasteiger partial charge in [-0.15, -0.1) is 0 Å². The molecule has 0 radical (unpaired) electrons. The molecule has 0 bridgehead atoms. The lowest BCUT2D eigenvalue weighted by atomic mass is 10.0. The van der Waals surface area contributed by atoms with E-state index in [2.05, 4.69) is 20.9 Å². The van der Waals surface area contributed by atoms with E-state index in [-0.39, 0.29) is 5.56 Å². The second-order valence-corrected chi connectivity index (χ2v) is 4.26. The van der Waals surface area contributed by atoms with Crippen molar-refractivity contribution in [3.63, 3.8) is 0 Å². The molecule has 0 saturated carbocycles. The Morgan fingerprint density at radius 1 is 1.19 bits per heavy atom. The lowest BCUT2D eigenvalue weighted by molar-refractivity contribution is 0.215. The molecule has 2 nitrogen and oxygen atoms in total. The molecule has 0 saturated heterocycles. The fourth-order valence-electron chi connectivity index (χ4n) is 1.45. The van der Waals surface area contributed by atoms with Crippen molar-refractivity contribution in [2.45, 2.75) is 6.10 Å². The van der Waals surface area contributed by atoms with Crippen molar-refractivity contribution in [2.75, 3.05) is 0 Å². The molecule has 1 aromatic carbocycles.